The second-order valence-corrected chi connectivity index (χ2v) is 13.6. The van der Waals surface area contributed by atoms with Crippen LogP contribution in [0.1, 0.15) is 82.9 Å². The van der Waals surface area contributed by atoms with Crippen molar-refractivity contribution in [3.05, 3.63) is 93.0 Å². The van der Waals surface area contributed by atoms with Crippen molar-refractivity contribution in [2.45, 2.75) is 0 Å². The molecule has 5 heterocycles. The summed E-state index contributed by atoms with van der Waals surface area (Å²) in [4.78, 5) is 136. The molecule has 0 atom stereocenters. The van der Waals surface area contributed by atoms with Gasteiger partial charge in [0.05, 0.1) is 44.5 Å². The van der Waals surface area contributed by atoms with Gasteiger partial charge in [0.1, 0.15) is 22.6 Å². The first kappa shape index (κ1) is 42.2. The normalized spacial score (nSPS) is 11.3. The van der Waals surface area contributed by atoms with Crippen LogP contribution in [-0.2, 0) is 17.1 Å². The zero-order chi connectivity index (χ0) is 45.8. The maximum absolute atomic E-state index is 13.1. The Morgan fingerprint density at radius 2 is 0.615 bits per heavy atom. The molecule has 4 aromatic carbocycles. The van der Waals surface area contributed by atoms with E-state index < -0.39 is 137 Å². The number of rotatable bonds is 8. The van der Waals surface area contributed by atoms with Gasteiger partial charge < -0.3 is 50.8 Å². The first-order valence-electron chi connectivity index (χ1n) is 17.8. The van der Waals surface area contributed by atoms with Crippen LogP contribution >= 0.6 is 0 Å². The molecule has 3 aromatic heterocycles. The number of H-pyrrole nitrogens is 2. The number of fused-ring (bicyclic) bond motifs is 20. The van der Waals surface area contributed by atoms with E-state index in [1.165, 1.54) is 6.07 Å². The molecule has 9 rings (SSSR count). The minimum Gasteiger partial charge on any atom is -0.478 e. The predicted octanol–water partition coefficient (Wildman–Crippen LogP) is 4.45. The second kappa shape index (κ2) is 14.9. The van der Waals surface area contributed by atoms with Gasteiger partial charge in [0.25, 0.3) is 0 Å². The second-order valence-electron chi connectivity index (χ2n) is 13.6. The first-order valence-corrected chi connectivity index (χ1v) is 17.8. The number of carbonyl (C=O) groups is 8. The molecule has 0 amide bonds. The zero-order valence-corrected chi connectivity index (χ0v) is 32.4. The Balaban J connectivity index is 0.00000576. The van der Waals surface area contributed by atoms with Crippen LogP contribution in [0, 0.1) is 0 Å². The van der Waals surface area contributed by atoms with Crippen LogP contribution in [-0.4, -0.2) is 128 Å². The first-order chi connectivity index (χ1) is 30.4. The number of hydrogen-bond donors (Lipinski definition) is 10. The molecule has 24 nitrogen and oxygen atoms in total. The Morgan fingerprint density at radius 3 is 0.985 bits per heavy atom. The quantitative estimate of drug-likeness (QED) is 0.0940. The Morgan fingerprint density at radius 1 is 0.338 bits per heavy atom. The average Bonchev–Trinajstić information content (AvgIpc) is 3.97. The Kier molecular flexibility index (Phi) is 9.65. The summed E-state index contributed by atoms with van der Waals surface area (Å²) < 4.78 is 0. The molecule has 0 saturated carbocycles. The molecule has 2 aliphatic rings. The van der Waals surface area contributed by atoms with Crippen molar-refractivity contribution in [2.24, 2.45) is 0 Å². The molecule has 0 aliphatic carbocycles. The molecular formula is C40H18CuN8O16. The third kappa shape index (κ3) is 6.14. The van der Waals surface area contributed by atoms with Gasteiger partial charge >= 0.3 is 47.8 Å². The third-order valence-corrected chi connectivity index (χ3v) is 10.2. The van der Waals surface area contributed by atoms with E-state index in [2.05, 4.69) is 39.9 Å². The summed E-state index contributed by atoms with van der Waals surface area (Å²) in [6.45, 7) is 0. The summed E-state index contributed by atoms with van der Waals surface area (Å²) in [6.07, 6.45) is 0. The maximum Gasteiger partial charge on any atom is 0.337 e. The SMILES string of the molecule is O=C(O)c1c(C(=O)O)c(C(=O)O)c2c(c1C(=O)O)-c1nc-2nc2[nH]c(nc3nc(nc4[nH]c(n1)c1ccccc41)-c1ccccc1-3)c1c(C(=O)O)c(C(=O)O)c(C(=O)O)c(C(=O)O)c21.[Cu]. The molecule has 1 radical (unpaired) electrons. The van der Waals surface area contributed by atoms with Crippen LogP contribution in [0.2, 0.25) is 0 Å². The summed E-state index contributed by atoms with van der Waals surface area (Å²) in [5.74, 6) is -19.5. The fourth-order valence-corrected chi connectivity index (χ4v) is 7.92. The Labute approximate surface area is 365 Å². The van der Waals surface area contributed by atoms with Gasteiger partial charge in [0.15, 0.2) is 23.3 Å². The van der Waals surface area contributed by atoms with E-state index in [-0.39, 0.29) is 51.0 Å². The number of carboxylic acid groups (broad SMARTS) is 8. The van der Waals surface area contributed by atoms with Gasteiger partial charge in [-0.3, -0.25) is 0 Å². The largest absolute Gasteiger partial charge is 0.478 e. The number of carboxylic acids is 8. The van der Waals surface area contributed by atoms with E-state index in [0.717, 1.165) is 0 Å². The number of aromatic nitrogens is 8. The minimum absolute atomic E-state index is 0. The molecule has 65 heavy (non-hydrogen) atoms. The molecule has 0 saturated heterocycles. The van der Waals surface area contributed by atoms with Crippen molar-refractivity contribution in [2.75, 3.05) is 0 Å². The smallest absolute Gasteiger partial charge is 0.337 e. The van der Waals surface area contributed by atoms with Gasteiger partial charge in [-0.1, -0.05) is 48.5 Å². The van der Waals surface area contributed by atoms with Crippen molar-refractivity contribution in [3.8, 4) is 45.6 Å². The number of benzene rings is 4. The molecule has 8 bridgehead atoms. The molecule has 0 unspecified atom stereocenters. The fourth-order valence-electron chi connectivity index (χ4n) is 7.92. The van der Waals surface area contributed by atoms with Crippen molar-refractivity contribution < 1.29 is 96.3 Å². The predicted molar refractivity (Wildman–Crippen MR) is 212 cm³/mol. The van der Waals surface area contributed by atoms with Crippen LogP contribution in [0.25, 0.3) is 89.7 Å². The molecule has 0 spiro atoms. The molecule has 325 valence electrons. The van der Waals surface area contributed by atoms with Gasteiger partial charge in [-0.25, -0.2) is 68.3 Å². The van der Waals surface area contributed by atoms with Crippen molar-refractivity contribution in [3.63, 3.8) is 0 Å². The summed E-state index contributed by atoms with van der Waals surface area (Å²) in [6, 6.07) is 12.7. The Hall–Kier alpha value is -9.48. The summed E-state index contributed by atoms with van der Waals surface area (Å²) >= 11 is 0. The van der Waals surface area contributed by atoms with E-state index in [9.17, 15) is 79.2 Å². The summed E-state index contributed by atoms with van der Waals surface area (Å²) in [5, 5.41) is 82.1. The van der Waals surface area contributed by atoms with Gasteiger partial charge in [0.2, 0.25) is 0 Å². The van der Waals surface area contributed by atoms with Gasteiger partial charge in [-0.05, 0) is 0 Å². The number of aromatic carboxylic acids is 8. The van der Waals surface area contributed by atoms with Crippen molar-refractivity contribution in [1.82, 2.24) is 39.9 Å². The van der Waals surface area contributed by atoms with Crippen molar-refractivity contribution >= 4 is 91.9 Å². The number of nitrogens with one attached hydrogen (secondary N) is 2. The summed E-state index contributed by atoms with van der Waals surface area (Å²) in [7, 11) is 0. The van der Waals surface area contributed by atoms with E-state index in [1.807, 2.05) is 0 Å². The topological polar surface area (TPSA) is 407 Å². The maximum atomic E-state index is 13.1. The standard InChI is InChI=1S/C40H18N8O16.Cu/c49-33(50)17-13-15(19(35(53)54)23(39(61)62)21(17)37(57)58)31-46-29(13)44-27-11-7-3-1-5-9(11)25(42-27)41-26-10-6-2-4-8-12(10)28(43-26)45-30-14-16(32(47-30)48-31)20(36(55)56)24(40(63)64)22(38(59)60)18(14)34(51)52;/h1-8H,(H,49,50)(H,51,52)(H,53,54)(H,55,56)(H,57,58)(H,59,60)(H,61,62)(H,63,64)(H2,41,42,43,44,45,46,47,48);. The van der Waals surface area contributed by atoms with Gasteiger partial charge in [-0.15, -0.1) is 0 Å². The van der Waals surface area contributed by atoms with Gasteiger partial charge in [0, 0.05) is 60.9 Å². The molecule has 10 N–H and O–H groups in total. The van der Waals surface area contributed by atoms with Crippen molar-refractivity contribution in [1.29, 1.82) is 0 Å². The zero-order valence-electron chi connectivity index (χ0n) is 31.4. The molecular weight excluding hydrogens is 912 g/mol. The minimum atomic E-state index is -2.24. The molecule has 0 fully saturated rings. The van der Waals surface area contributed by atoms with Crippen LogP contribution in [0.3, 0.4) is 0 Å². The van der Waals surface area contributed by atoms with E-state index >= 15 is 0 Å². The number of aromatic amines is 2. The van der Waals surface area contributed by atoms with Crippen LogP contribution in [0.5, 0.6) is 0 Å². The number of nitrogens with zero attached hydrogens (tertiary/aromatic N) is 6. The monoisotopic (exact) mass is 929 g/mol. The van der Waals surface area contributed by atoms with Crippen LogP contribution in [0.4, 0.5) is 0 Å². The average molecular weight is 930 g/mol. The third-order valence-electron chi connectivity index (χ3n) is 10.2. The van der Waals surface area contributed by atoms with Crippen LogP contribution in [0.15, 0.2) is 48.5 Å². The van der Waals surface area contributed by atoms with E-state index in [4.69, 9.17) is 0 Å². The number of hydrogen-bond acceptors (Lipinski definition) is 14. The molecule has 7 aromatic rings. The molecule has 2 aliphatic heterocycles. The van der Waals surface area contributed by atoms with Crippen LogP contribution < -0.4 is 0 Å². The Bertz CT molecular complexity index is 3670. The fraction of sp³-hybridized carbons (Fsp3) is 0. The van der Waals surface area contributed by atoms with E-state index in [1.54, 1.807) is 42.5 Å². The van der Waals surface area contributed by atoms with Gasteiger partial charge in [-0.2, -0.15) is 0 Å². The summed E-state index contributed by atoms with van der Waals surface area (Å²) in [5.41, 5.74) is -14.6. The van der Waals surface area contributed by atoms with E-state index in [0.29, 0.717) is 10.9 Å². The molecule has 25 heteroatoms.